The van der Waals surface area contributed by atoms with Gasteiger partial charge in [-0.3, -0.25) is 4.79 Å². The van der Waals surface area contributed by atoms with Gasteiger partial charge in [0.2, 0.25) is 5.91 Å². The van der Waals surface area contributed by atoms with Gasteiger partial charge in [0.25, 0.3) is 0 Å². The van der Waals surface area contributed by atoms with Gasteiger partial charge in [-0.1, -0.05) is 6.07 Å². The molecule has 0 unspecified atom stereocenters. The molecule has 1 aliphatic heterocycles. The van der Waals surface area contributed by atoms with Crippen molar-refractivity contribution in [2.75, 3.05) is 13.1 Å². The minimum Gasteiger partial charge on any atom is -0.386 e. The normalized spacial score (nSPS) is 22.3. The predicted molar refractivity (Wildman–Crippen MR) is 66.9 cm³/mol. The van der Waals surface area contributed by atoms with E-state index >= 15 is 0 Å². The number of amides is 1. The highest BCUT2D eigenvalue weighted by molar-refractivity contribution is 7.09. The van der Waals surface area contributed by atoms with Gasteiger partial charge in [0.15, 0.2) is 0 Å². The maximum Gasteiger partial charge on any atom is 0.223 e. The topological polar surface area (TPSA) is 40.5 Å². The van der Waals surface area contributed by atoms with E-state index < -0.39 is 5.60 Å². The zero-order valence-electron chi connectivity index (χ0n) is 9.76. The van der Waals surface area contributed by atoms with Gasteiger partial charge in [-0.05, 0) is 36.6 Å². The van der Waals surface area contributed by atoms with E-state index in [1.807, 2.05) is 11.4 Å². The maximum atomic E-state index is 11.9. The van der Waals surface area contributed by atoms with Crippen molar-refractivity contribution < 1.29 is 9.90 Å². The van der Waals surface area contributed by atoms with Crippen LogP contribution in [0.4, 0.5) is 0 Å². The van der Waals surface area contributed by atoms with Crippen LogP contribution in [0.1, 0.15) is 24.1 Å². The highest BCUT2D eigenvalue weighted by Crippen LogP contribution is 2.44. The fourth-order valence-electron chi connectivity index (χ4n) is 2.51. The number of carbonyl (C=O) groups excluding carboxylic acids is 1. The van der Waals surface area contributed by atoms with E-state index in [4.69, 9.17) is 0 Å². The Morgan fingerprint density at radius 1 is 1.53 bits per heavy atom. The highest BCUT2D eigenvalue weighted by Gasteiger charge is 2.52. The van der Waals surface area contributed by atoms with Gasteiger partial charge in [0, 0.05) is 11.3 Å². The van der Waals surface area contributed by atoms with Crippen LogP contribution in [0, 0.1) is 5.92 Å². The van der Waals surface area contributed by atoms with Crippen molar-refractivity contribution in [3.05, 3.63) is 22.4 Å². The summed E-state index contributed by atoms with van der Waals surface area (Å²) in [7, 11) is 0. The summed E-state index contributed by atoms with van der Waals surface area (Å²) in [6.45, 7) is 1.11. The number of carbonyl (C=O) groups is 1. The number of nitrogens with zero attached hydrogens (tertiary/aromatic N) is 1. The van der Waals surface area contributed by atoms with Gasteiger partial charge < -0.3 is 10.0 Å². The third-order valence-electron chi connectivity index (χ3n) is 3.78. The summed E-state index contributed by atoms with van der Waals surface area (Å²) in [6.07, 6.45) is 3.66. The van der Waals surface area contributed by atoms with Gasteiger partial charge in [-0.2, -0.15) is 0 Å². The Balaban J connectivity index is 1.45. The summed E-state index contributed by atoms with van der Waals surface area (Å²) in [5.41, 5.74) is -0.543. The third-order valence-corrected chi connectivity index (χ3v) is 4.72. The molecular weight excluding hydrogens is 234 g/mol. The van der Waals surface area contributed by atoms with Crippen molar-refractivity contribution in [2.45, 2.75) is 31.3 Å². The molecule has 92 valence electrons. The number of thiophene rings is 1. The van der Waals surface area contributed by atoms with Crippen molar-refractivity contribution in [3.8, 4) is 0 Å². The molecule has 2 heterocycles. The van der Waals surface area contributed by atoms with Crippen LogP contribution < -0.4 is 0 Å². The summed E-state index contributed by atoms with van der Waals surface area (Å²) in [5, 5.41) is 12.2. The standard InChI is InChI=1S/C13H17NO2S/c15-12(6-5-11-2-1-7-17-11)14-8-13(16,9-14)10-3-4-10/h1-2,7,10,16H,3-6,8-9H2. The van der Waals surface area contributed by atoms with Crippen LogP contribution >= 0.6 is 11.3 Å². The van der Waals surface area contributed by atoms with E-state index in [-0.39, 0.29) is 5.91 Å². The average molecular weight is 251 g/mol. The van der Waals surface area contributed by atoms with Crippen LogP contribution in [-0.2, 0) is 11.2 Å². The SMILES string of the molecule is O=C(CCc1cccs1)N1CC(O)(C2CC2)C1. The molecule has 1 saturated heterocycles. The molecular formula is C13H17NO2S. The first-order valence-corrected chi connectivity index (χ1v) is 7.08. The number of hydrogen-bond acceptors (Lipinski definition) is 3. The first-order chi connectivity index (χ1) is 8.17. The maximum absolute atomic E-state index is 11.9. The second-order valence-electron chi connectivity index (χ2n) is 5.21. The number of rotatable bonds is 4. The first-order valence-electron chi connectivity index (χ1n) is 6.20. The van der Waals surface area contributed by atoms with Crippen LogP contribution in [-0.4, -0.2) is 34.6 Å². The number of hydrogen-bond donors (Lipinski definition) is 1. The van der Waals surface area contributed by atoms with E-state index in [1.54, 1.807) is 16.2 Å². The summed E-state index contributed by atoms with van der Waals surface area (Å²) in [4.78, 5) is 14.9. The number of likely N-dealkylation sites (tertiary alicyclic amines) is 1. The fourth-order valence-corrected chi connectivity index (χ4v) is 3.22. The van der Waals surface area contributed by atoms with E-state index in [2.05, 4.69) is 6.07 Å². The predicted octanol–water partition coefficient (Wildman–Crippen LogP) is 1.66. The van der Waals surface area contributed by atoms with Gasteiger partial charge in [-0.15, -0.1) is 11.3 Å². The van der Waals surface area contributed by atoms with E-state index in [0.717, 1.165) is 19.3 Å². The quantitative estimate of drug-likeness (QED) is 0.884. The first kappa shape index (κ1) is 11.2. The summed E-state index contributed by atoms with van der Waals surface area (Å²) >= 11 is 1.70. The molecule has 0 aromatic carbocycles. The second kappa shape index (κ2) is 4.10. The molecule has 1 aliphatic carbocycles. The lowest BCUT2D eigenvalue weighted by Crippen LogP contribution is -2.64. The van der Waals surface area contributed by atoms with Crippen molar-refractivity contribution in [1.82, 2.24) is 4.90 Å². The smallest absolute Gasteiger partial charge is 0.223 e. The van der Waals surface area contributed by atoms with Gasteiger partial charge in [-0.25, -0.2) is 0 Å². The molecule has 1 aromatic heterocycles. The van der Waals surface area contributed by atoms with Crippen LogP contribution in [0.3, 0.4) is 0 Å². The molecule has 0 spiro atoms. The van der Waals surface area contributed by atoms with E-state index in [1.165, 1.54) is 4.88 Å². The summed E-state index contributed by atoms with van der Waals surface area (Å²) in [6, 6.07) is 4.08. The van der Waals surface area contributed by atoms with Gasteiger partial charge in [0.05, 0.1) is 13.1 Å². The number of β-amino-alcohol motifs (C(OH)–C–C–N with tert-alkyl or cyclic N) is 1. The lowest BCUT2D eigenvalue weighted by Gasteiger charge is -2.47. The fraction of sp³-hybridized carbons (Fsp3) is 0.615. The largest absolute Gasteiger partial charge is 0.386 e. The molecule has 2 fully saturated rings. The molecule has 1 amide bonds. The van der Waals surface area contributed by atoms with Crippen molar-refractivity contribution in [1.29, 1.82) is 0 Å². The monoisotopic (exact) mass is 251 g/mol. The average Bonchev–Trinajstić information content (AvgIpc) is 3.00. The van der Waals surface area contributed by atoms with E-state index in [0.29, 0.717) is 25.4 Å². The molecule has 17 heavy (non-hydrogen) atoms. The molecule has 0 radical (unpaired) electrons. The van der Waals surface area contributed by atoms with Crippen molar-refractivity contribution in [3.63, 3.8) is 0 Å². The van der Waals surface area contributed by atoms with Crippen LogP contribution in [0.2, 0.25) is 0 Å². The molecule has 3 nitrogen and oxygen atoms in total. The molecule has 1 saturated carbocycles. The second-order valence-corrected chi connectivity index (χ2v) is 6.24. The Morgan fingerprint density at radius 3 is 2.88 bits per heavy atom. The van der Waals surface area contributed by atoms with Crippen LogP contribution in [0.5, 0.6) is 0 Å². The minimum atomic E-state index is -0.543. The zero-order valence-corrected chi connectivity index (χ0v) is 10.6. The Morgan fingerprint density at radius 2 is 2.29 bits per heavy atom. The lowest BCUT2D eigenvalue weighted by molar-refractivity contribution is -0.159. The van der Waals surface area contributed by atoms with Crippen LogP contribution in [0.15, 0.2) is 17.5 Å². The molecule has 1 aromatic rings. The highest BCUT2D eigenvalue weighted by atomic mass is 32.1. The Bertz CT molecular complexity index is 405. The van der Waals surface area contributed by atoms with Gasteiger partial charge in [0.1, 0.15) is 5.60 Å². The zero-order chi connectivity index (χ0) is 11.9. The van der Waals surface area contributed by atoms with Crippen LogP contribution in [0.25, 0.3) is 0 Å². The Labute approximate surface area is 105 Å². The van der Waals surface area contributed by atoms with E-state index in [9.17, 15) is 9.90 Å². The van der Waals surface area contributed by atoms with Crippen molar-refractivity contribution in [2.24, 2.45) is 5.92 Å². The molecule has 1 N–H and O–H groups in total. The molecule has 2 aliphatic rings. The number of aliphatic hydroxyl groups is 1. The Hall–Kier alpha value is -0.870. The molecule has 3 rings (SSSR count). The Kier molecular flexibility index (Phi) is 2.71. The van der Waals surface area contributed by atoms with Gasteiger partial charge >= 0.3 is 0 Å². The number of aryl methyl sites for hydroxylation is 1. The molecule has 0 bridgehead atoms. The summed E-state index contributed by atoms with van der Waals surface area (Å²) < 4.78 is 0. The third kappa shape index (κ3) is 2.24. The molecule has 4 heteroatoms. The van der Waals surface area contributed by atoms with Crippen molar-refractivity contribution >= 4 is 17.2 Å². The summed E-state index contributed by atoms with van der Waals surface area (Å²) in [5.74, 6) is 0.646. The molecule has 0 atom stereocenters. The minimum absolute atomic E-state index is 0.184. The lowest BCUT2D eigenvalue weighted by atomic mass is 9.88.